The Kier molecular flexibility index (Phi) is 4.92. The highest BCUT2D eigenvalue weighted by atomic mass is 16.3. The zero-order valence-corrected chi connectivity index (χ0v) is 14.1. The third-order valence-corrected chi connectivity index (χ3v) is 5.85. The first kappa shape index (κ1) is 16.7. The lowest BCUT2D eigenvalue weighted by Gasteiger charge is -2.43. The fraction of sp³-hybridized carbons (Fsp3) is 0.882. The van der Waals surface area contributed by atoms with E-state index in [1.165, 1.54) is 6.42 Å². The van der Waals surface area contributed by atoms with Crippen LogP contribution < -0.4 is 5.32 Å². The summed E-state index contributed by atoms with van der Waals surface area (Å²) in [6, 6.07) is 0.299. The lowest BCUT2D eigenvalue weighted by atomic mass is 9.72. The molecule has 2 saturated heterocycles. The number of rotatable bonds is 3. The predicted octanol–water partition coefficient (Wildman–Crippen LogP) is 0.350. The number of hydrogen-bond donors (Lipinski definition) is 2. The molecule has 2 amide bonds. The summed E-state index contributed by atoms with van der Waals surface area (Å²) in [6.07, 6.45) is 6.33. The fourth-order valence-electron chi connectivity index (χ4n) is 4.58. The van der Waals surface area contributed by atoms with Gasteiger partial charge in [0, 0.05) is 25.0 Å². The van der Waals surface area contributed by atoms with Crippen molar-refractivity contribution in [2.24, 2.45) is 5.92 Å². The number of nitrogens with zero attached hydrogens (tertiary/aromatic N) is 2. The van der Waals surface area contributed by atoms with Crippen molar-refractivity contribution >= 4 is 11.8 Å². The molecule has 0 spiro atoms. The van der Waals surface area contributed by atoms with Crippen LogP contribution in [0.2, 0.25) is 0 Å². The largest absolute Gasteiger partial charge is 0.390 e. The predicted molar refractivity (Wildman–Crippen MR) is 86.8 cm³/mol. The molecule has 3 fully saturated rings. The minimum Gasteiger partial charge on any atom is -0.390 e. The molecule has 3 aliphatic rings. The van der Waals surface area contributed by atoms with Crippen LogP contribution in [0, 0.1) is 5.92 Å². The van der Waals surface area contributed by atoms with Gasteiger partial charge in [0.15, 0.2) is 0 Å². The zero-order chi connectivity index (χ0) is 16.4. The SMILES string of the molecule is C[C@]1(O)CCCC[C@@H]1[C@H]1CCCN1CC(=O)N1CCNC(=O)C1. The van der Waals surface area contributed by atoms with E-state index in [2.05, 4.69) is 10.2 Å². The minimum absolute atomic E-state index is 0.0437. The molecule has 1 saturated carbocycles. The molecular formula is C17H29N3O3. The van der Waals surface area contributed by atoms with E-state index in [0.29, 0.717) is 25.7 Å². The van der Waals surface area contributed by atoms with E-state index >= 15 is 0 Å². The normalized spacial score (nSPS) is 36.1. The molecule has 3 rings (SSSR count). The monoisotopic (exact) mass is 323 g/mol. The maximum Gasteiger partial charge on any atom is 0.239 e. The highest BCUT2D eigenvalue weighted by Crippen LogP contribution is 2.40. The Morgan fingerprint density at radius 2 is 2.13 bits per heavy atom. The molecule has 2 heterocycles. The van der Waals surface area contributed by atoms with Crippen LogP contribution in [0.15, 0.2) is 0 Å². The number of carbonyl (C=O) groups excluding carboxylic acids is 2. The van der Waals surface area contributed by atoms with E-state index in [1.807, 2.05) is 6.92 Å². The Balaban J connectivity index is 1.62. The van der Waals surface area contributed by atoms with Crippen LogP contribution in [0.3, 0.4) is 0 Å². The molecule has 23 heavy (non-hydrogen) atoms. The summed E-state index contributed by atoms with van der Waals surface area (Å²) in [4.78, 5) is 27.9. The second-order valence-corrected chi connectivity index (χ2v) is 7.55. The lowest BCUT2D eigenvalue weighted by molar-refractivity contribution is -0.140. The quantitative estimate of drug-likeness (QED) is 0.786. The Hall–Kier alpha value is -1.14. The molecule has 6 nitrogen and oxygen atoms in total. The minimum atomic E-state index is -0.612. The van der Waals surface area contributed by atoms with Gasteiger partial charge in [0.25, 0.3) is 0 Å². The van der Waals surface area contributed by atoms with Crippen LogP contribution in [-0.4, -0.2) is 71.1 Å². The Bertz CT molecular complexity index is 466. The second kappa shape index (κ2) is 6.77. The highest BCUT2D eigenvalue weighted by molar-refractivity contribution is 5.86. The van der Waals surface area contributed by atoms with Gasteiger partial charge in [-0.15, -0.1) is 0 Å². The smallest absolute Gasteiger partial charge is 0.239 e. The summed E-state index contributed by atoms with van der Waals surface area (Å²) < 4.78 is 0. The van der Waals surface area contributed by atoms with Crippen molar-refractivity contribution in [1.82, 2.24) is 15.1 Å². The van der Waals surface area contributed by atoms with Gasteiger partial charge in [-0.05, 0) is 39.2 Å². The summed E-state index contributed by atoms with van der Waals surface area (Å²) in [5.74, 6) is 0.233. The van der Waals surface area contributed by atoms with Crippen molar-refractivity contribution in [3.8, 4) is 0 Å². The van der Waals surface area contributed by atoms with Gasteiger partial charge in [-0.3, -0.25) is 14.5 Å². The first-order chi connectivity index (χ1) is 11.0. The topological polar surface area (TPSA) is 72.9 Å². The Morgan fingerprint density at radius 1 is 1.30 bits per heavy atom. The summed E-state index contributed by atoms with van der Waals surface area (Å²) >= 11 is 0. The van der Waals surface area contributed by atoms with Gasteiger partial charge < -0.3 is 15.3 Å². The van der Waals surface area contributed by atoms with Crippen LogP contribution in [-0.2, 0) is 9.59 Å². The van der Waals surface area contributed by atoms with Crippen molar-refractivity contribution in [3.63, 3.8) is 0 Å². The van der Waals surface area contributed by atoms with Gasteiger partial charge in [0.05, 0.1) is 18.7 Å². The summed E-state index contributed by atoms with van der Waals surface area (Å²) in [6.45, 7) is 4.59. The van der Waals surface area contributed by atoms with Crippen molar-refractivity contribution < 1.29 is 14.7 Å². The van der Waals surface area contributed by atoms with Crippen molar-refractivity contribution in [1.29, 1.82) is 0 Å². The molecule has 0 aromatic carbocycles. The maximum absolute atomic E-state index is 12.5. The fourth-order valence-corrected chi connectivity index (χ4v) is 4.58. The molecule has 6 heteroatoms. The number of piperazine rings is 1. The Morgan fingerprint density at radius 3 is 2.87 bits per heavy atom. The zero-order valence-electron chi connectivity index (χ0n) is 14.1. The van der Waals surface area contributed by atoms with Crippen LogP contribution in [0.4, 0.5) is 0 Å². The number of nitrogens with one attached hydrogen (secondary N) is 1. The number of carbonyl (C=O) groups is 2. The van der Waals surface area contributed by atoms with Gasteiger partial charge in [-0.2, -0.15) is 0 Å². The summed E-state index contributed by atoms with van der Waals surface area (Å²) in [5, 5.41) is 13.5. The van der Waals surface area contributed by atoms with Gasteiger partial charge in [0.1, 0.15) is 0 Å². The van der Waals surface area contributed by atoms with Crippen molar-refractivity contribution in [2.75, 3.05) is 32.7 Å². The van der Waals surface area contributed by atoms with Crippen LogP contribution in [0.5, 0.6) is 0 Å². The van der Waals surface area contributed by atoms with Crippen LogP contribution in [0.25, 0.3) is 0 Å². The first-order valence-corrected chi connectivity index (χ1v) is 8.98. The van der Waals surface area contributed by atoms with E-state index in [0.717, 1.165) is 38.6 Å². The third kappa shape index (κ3) is 3.69. The molecule has 1 aliphatic carbocycles. The molecular weight excluding hydrogens is 294 g/mol. The highest BCUT2D eigenvalue weighted by Gasteiger charge is 2.43. The molecule has 3 atom stereocenters. The van der Waals surface area contributed by atoms with E-state index in [9.17, 15) is 14.7 Å². The first-order valence-electron chi connectivity index (χ1n) is 8.98. The van der Waals surface area contributed by atoms with Gasteiger partial charge in [-0.1, -0.05) is 12.8 Å². The number of aliphatic hydroxyl groups is 1. The molecule has 0 bridgehead atoms. The van der Waals surface area contributed by atoms with E-state index in [-0.39, 0.29) is 24.3 Å². The Labute approximate surface area is 138 Å². The molecule has 2 N–H and O–H groups in total. The standard InChI is InChI=1S/C17H29N3O3/c1-17(23)7-3-2-5-13(17)14-6-4-9-19(14)12-16(22)20-10-8-18-15(21)11-20/h13-14,23H,2-12H2,1H3,(H,18,21)/t13-,14-,17+/m1/s1. The summed E-state index contributed by atoms with van der Waals surface area (Å²) in [5.41, 5.74) is -0.612. The maximum atomic E-state index is 12.5. The van der Waals surface area contributed by atoms with Crippen molar-refractivity contribution in [3.05, 3.63) is 0 Å². The van der Waals surface area contributed by atoms with Gasteiger partial charge in [0.2, 0.25) is 11.8 Å². The molecule has 0 radical (unpaired) electrons. The van der Waals surface area contributed by atoms with Crippen LogP contribution in [0.1, 0.15) is 45.4 Å². The summed E-state index contributed by atoms with van der Waals surface area (Å²) in [7, 11) is 0. The van der Waals surface area contributed by atoms with Crippen molar-refractivity contribution in [2.45, 2.75) is 57.1 Å². The number of likely N-dealkylation sites (tertiary alicyclic amines) is 1. The third-order valence-electron chi connectivity index (χ3n) is 5.85. The number of hydrogen-bond acceptors (Lipinski definition) is 4. The molecule has 130 valence electrons. The average molecular weight is 323 g/mol. The molecule has 0 aromatic rings. The molecule has 0 aromatic heterocycles. The van der Waals surface area contributed by atoms with Crippen LogP contribution >= 0.6 is 0 Å². The van der Waals surface area contributed by atoms with E-state index in [4.69, 9.17) is 0 Å². The second-order valence-electron chi connectivity index (χ2n) is 7.55. The number of amides is 2. The molecule has 2 aliphatic heterocycles. The van der Waals surface area contributed by atoms with Gasteiger partial charge in [-0.25, -0.2) is 0 Å². The van der Waals surface area contributed by atoms with E-state index < -0.39 is 5.60 Å². The average Bonchev–Trinajstić information content (AvgIpc) is 2.94. The van der Waals surface area contributed by atoms with Gasteiger partial charge >= 0.3 is 0 Å². The lowest BCUT2D eigenvalue weighted by Crippen LogP contribution is -2.54. The molecule has 0 unspecified atom stereocenters. The van der Waals surface area contributed by atoms with E-state index in [1.54, 1.807) is 4.90 Å².